The standard InChI is InChI=1S/9Fe.2H2O4S.14H/c;;;;;;;;;2*1-5(2,3)4;;;;;;;;;;;;;;/h;;;;;;;;;2*(H2,1,2,3,4);;;;;;;;;;;;;;/q9*+2;;;14*-1/p-4. The molecule has 0 aromatic heterocycles. The smallest absolute Gasteiger partial charge is 1.00 e. The summed E-state index contributed by atoms with van der Waals surface area (Å²) < 4.78 is 68.2. The van der Waals surface area contributed by atoms with E-state index in [1.54, 1.807) is 0 Å². The van der Waals surface area contributed by atoms with Gasteiger partial charge in [0, 0.05) is 20.8 Å². The van der Waals surface area contributed by atoms with Crippen LogP contribution < -0.4 is 0 Å². The van der Waals surface area contributed by atoms with E-state index in [1.165, 1.54) is 0 Å². The molecule has 0 aliphatic heterocycles. The van der Waals surface area contributed by atoms with Gasteiger partial charge in [0.25, 0.3) is 0 Å². The molecule has 0 radical (unpaired) electrons. The quantitative estimate of drug-likeness (QED) is 0.174. The molecule has 0 N–H and O–H groups in total. The van der Waals surface area contributed by atoms with Gasteiger partial charge >= 0.3 is 154 Å². The molecule has 0 aromatic rings. The Bertz CT molecular complexity index is 255. The Morgan fingerprint density at radius 1 is 0.421 bits per heavy atom. The van der Waals surface area contributed by atoms with Crippen LogP contribution in [0, 0.1) is 0 Å². The molecule has 19 heavy (non-hydrogen) atoms. The predicted octanol–water partition coefficient (Wildman–Crippen LogP) is -1.12. The van der Waals surface area contributed by atoms with Crippen LogP contribution in [0.15, 0.2) is 0 Å². The maximum Gasteiger partial charge on any atom is 2.00 e. The molecule has 0 fully saturated rings. The number of rotatable bonds is 0. The molecule has 0 atom stereocenters. The van der Waals surface area contributed by atoms with Gasteiger partial charge in [-0.3, -0.25) is 16.8 Å². The van der Waals surface area contributed by atoms with Gasteiger partial charge in [0.15, 0.2) is 0 Å². The predicted molar refractivity (Wildman–Crippen MR) is 36.5 cm³/mol. The average molecular weight is 709 g/mol. The monoisotopic (exact) mass is 709 g/mol. The van der Waals surface area contributed by atoms with Crippen molar-refractivity contribution < 1.29 is 209 Å². The second-order valence-electron chi connectivity index (χ2n) is 0.816. The van der Waals surface area contributed by atoms with Crippen molar-refractivity contribution in [2.75, 3.05) is 0 Å². The van der Waals surface area contributed by atoms with Gasteiger partial charge in [-0.15, -0.1) is 0 Å². The summed E-state index contributed by atoms with van der Waals surface area (Å²) in [5, 5.41) is 0. The fraction of sp³-hybridized carbons (Fsp3) is 0. The molecule has 8 nitrogen and oxygen atoms in total. The second kappa shape index (κ2) is 38.2. The van der Waals surface area contributed by atoms with Crippen molar-refractivity contribution in [1.82, 2.24) is 0 Å². The third-order valence-electron chi connectivity index (χ3n) is 0. The van der Waals surface area contributed by atoms with Gasteiger partial charge in [0.1, 0.15) is 0 Å². The summed E-state index contributed by atoms with van der Waals surface area (Å²) in [6.45, 7) is 0. The summed E-state index contributed by atoms with van der Waals surface area (Å²) in [6, 6.07) is 0. The summed E-state index contributed by atoms with van der Waals surface area (Å²) in [6.07, 6.45) is 0. The summed E-state index contributed by atoms with van der Waals surface area (Å²) >= 11 is 0. The van der Waals surface area contributed by atoms with Gasteiger partial charge in [-0.1, -0.05) is 0 Å². The van der Waals surface area contributed by atoms with E-state index in [0.717, 1.165) is 0 Å². The van der Waals surface area contributed by atoms with Gasteiger partial charge in [-0.2, -0.15) is 0 Å². The first-order valence-electron chi connectivity index (χ1n) is 1.33. The van der Waals surface area contributed by atoms with E-state index in [1.807, 2.05) is 0 Å². The third-order valence-corrected chi connectivity index (χ3v) is 0. The summed E-state index contributed by atoms with van der Waals surface area (Å²) in [7, 11) is -10.3. The normalized spacial score (nSPS) is 6.11. The van der Waals surface area contributed by atoms with E-state index < -0.39 is 20.8 Å². The largest absolute Gasteiger partial charge is 2.00 e. The molecule has 0 saturated heterocycles. The van der Waals surface area contributed by atoms with Crippen LogP contribution in [-0.4, -0.2) is 35.0 Å². The van der Waals surface area contributed by atoms with Crippen LogP contribution >= 0.6 is 0 Å². The van der Waals surface area contributed by atoms with E-state index in [0.29, 0.717) is 0 Å². The molecule has 0 spiro atoms. The van der Waals surface area contributed by atoms with Gasteiger partial charge in [-0.05, 0) is 0 Å². The van der Waals surface area contributed by atoms with Crippen molar-refractivity contribution in [3.63, 3.8) is 0 Å². The molecule has 0 saturated carbocycles. The third kappa shape index (κ3) is 479. The van der Waals surface area contributed by atoms with Gasteiger partial charge < -0.3 is 38.2 Å². The van der Waals surface area contributed by atoms with Crippen molar-refractivity contribution >= 4 is 20.8 Å². The van der Waals surface area contributed by atoms with E-state index in [2.05, 4.69) is 0 Å². The Morgan fingerprint density at radius 2 is 0.421 bits per heavy atom. The molecule has 146 valence electrons. The van der Waals surface area contributed by atoms with Crippen LogP contribution in [0.25, 0.3) is 0 Å². The van der Waals surface area contributed by atoms with Crippen molar-refractivity contribution in [1.29, 1.82) is 0 Å². The topological polar surface area (TPSA) is 161 Å². The fourth-order valence-electron chi connectivity index (χ4n) is 0. The summed E-state index contributed by atoms with van der Waals surface area (Å²) in [4.78, 5) is 0. The molecule has 0 unspecified atom stereocenters. The Morgan fingerprint density at radius 3 is 0.421 bits per heavy atom. The molecule has 0 rings (SSSR count). The van der Waals surface area contributed by atoms with Gasteiger partial charge in [-0.25, -0.2) is 0 Å². The zero-order valence-corrected chi connectivity index (χ0v) is 18.8. The average Bonchev–Trinajstić information content (AvgIpc) is 1.12. The van der Waals surface area contributed by atoms with Crippen molar-refractivity contribution in [2.24, 2.45) is 0 Å². The Hall–Kier alpha value is 4.42. The van der Waals surface area contributed by atoms with Crippen LogP contribution in [0.2, 0.25) is 0 Å². The van der Waals surface area contributed by atoms with E-state index in [-0.39, 0.29) is 174 Å². The SMILES string of the molecule is O=S(=O)([O-])[O-].O=S(=O)([O-])[O-].[Fe+2].[Fe+2].[Fe+2].[Fe+2].[Fe+2].[Fe+2].[Fe+2].[Fe+2].[Fe+2].[H-].[H-].[H-].[H-].[H-].[H-].[H-].[H-].[H-].[H-].[H-].[H-].[H-].[H-]. The van der Waals surface area contributed by atoms with Crippen LogP contribution in [0.1, 0.15) is 20.0 Å². The Kier molecular flexibility index (Phi) is 153. The number of hydrogen-bond donors (Lipinski definition) is 0. The molecule has 19 heteroatoms. The summed E-state index contributed by atoms with van der Waals surface area (Å²) in [5.41, 5.74) is 0. The minimum absolute atomic E-state index is 0. The first kappa shape index (κ1) is 76.3. The van der Waals surface area contributed by atoms with Crippen LogP contribution in [0.3, 0.4) is 0 Å². The van der Waals surface area contributed by atoms with E-state index >= 15 is 0 Å². The van der Waals surface area contributed by atoms with Crippen LogP contribution in [-0.2, 0) is 174 Å². The Labute approximate surface area is 227 Å². The van der Waals surface area contributed by atoms with Crippen LogP contribution in [0.4, 0.5) is 0 Å². The second-order valence-corrected chi connectivity index (χ2v) is 2.45. The molecule has 0 aromatic carbocycles. The first-order valence-corrected chi connectivity index (χ1v) is 4.00. The Balaban J connectivity index is -0.000000000994. The first-order chi connectivity index (χ1) is 4.00. The van der Waals surface area contributed by atoms with E-state index in [4.69, 9.17) is 35.0 Å². The molecule has 0 heterocycles. The minimum atomic E-state index is -5.17. The minimum Gasteiger partial charge on any atom is -1.00 e. The van der Waals surface area contributed by atoms with Gasteiger partial charge in [0.2, 0.25) is 0 Å². The van der Waals surface area contributed by atoms with Crippen molar-refractivity contribution in [3.8, 4) is 0 Å². The molecule has 0 aliphatic rings. The zero-order valence-electron chi connectivity index (χ0n) is 21.3. The fourth-order valence-corrected chi connectivity index (χ4v) is 0. The zero-order chi connectivity index (χ0) is 9.00. The molecule has 0 amide bonds. The maximum atomic E-state index is 8.52. The molecule has 0 aliphatic carbocycles. The van der Waals surface area contributed by atoms with Crippen molar-refractivity contribution in [3.05, 3.63) is 0 Å². The number of hydrogen-bond acceptors (Lipinski definition) is 8. The van der Waals surface area contributed by atoms with E-state index in [9.17, 15) is 0 Å². The molecule has 0 bridgehead atoms. The van der Waals surface area contributed by atoms with Crippen molar-refractivity contribution in [2.45, 2.75) is 0 Å². The maximum absolute atomic E-state index is 8.52. The van der Waals surface area contributed by atoms with Gasteiger partial charge in [0.05, 0.1) is 0 Å². The summed E-state index contributed by atoms with van der Waals surface area (Å²) in [5.74, 6) is 0. The van der Waals surface area contributed by atoms with Crippen LogP contribution in [0.5, 0.6) is 0 Å². The molecular weight excluding hydrogens is 695 g/mol. The molecular formula is H14Fe9O8S2.